The lowest BCUT2D eigenvalue weighted by molar-refractivity contribution is 0.867. The molecule has 130 valence electrons. The average Bonchev–Trinajstić information content (AvgIpc) is 2.68. The van der Waals surface area contributed by atoms with Crippen LogP contribution < -0.4 is 5.32 Å². The molecule has 2 aromatic carbocycles. The van der Waals surface area contributed by atoms with Crippen molar-refractivity contribution in [3.05, 3.63) is 65.7 Å². The largest absolute Gasteiger partial charge is 0.339 e. The highest BCUT2D eigenvalue weighted by atomic mass is 32.2. The van der Waals surface area contributed by atoms with Gasteiger partial charge in [0.1, 0.15) is 11.6 Å². The monoisotopic (exact) mass is 360 g/mol. The van der Waals surface area contributed by atoms with Gasteiger partial charge in [0.05, 0.1) is 5.69 Å². The van der Waals surface area contributed by atoms with E-state index >= 15 is 0 Å². The van der Waals surface area contributed by atoms with Crippen molar-refractivity contribution in [2.75, 3.05) is 11.6 Å². The van der Waals surface area contributed by atoms with Crippen molar-refractivity contribution in [1.82, 2.24) is 9.97 Å². The molecular weight excluding hydrogens is 340 g/mol. The fourth-order valence-electron chi connectivity index (χ4n) is 2.62. The van der Waals surface area contributed by atoms with Gasteiger partial charge in [-0.1, -0.05) is 68.1 Å². The molecule has 0 aliphatic carbocycles. The van der Waals surface area contributed by atoms with Crippen LogP contribution in [0.3, 0.4) is 0 Å². The number of rotatable bonds is 5. The fourth-order valence-corrected chi connectivity index (χ4v) is 2.99. The molecule has 3 aromatic rings. The summed E-state index contributed by atoms with van der Waals surface area (Å²) in [5.74, 6) is 1.01. The maximum absolute atomic E-state index is 9.74. The van der Waals surface area contributed by atoms with Gasteiger partial charge >= 0.3 is 0 Å². The lowest BCUT2D eigenvalue weighted by atomic mass is 10.0. The number of nitrogens with zero attached hydrogens (tertiary/aromatic N) is 3. The molecule has 5 heteroatoms. The van der Waals surface area contributed by atoms with E-state index < -0.39 is 0 Å². The summed E-state index contributed by atoms with van der Waals surface area (Å²) in [6.07, 6.45) is 1.93. The van der Waals surface area contributed by atoms with Gasteiger partial charge < -0.3 is 5.32 Å². The molecule has 0 unspecified atom stereocenters. The number of anilines is 2. The topological polar surface area (TPSA) is 61.6 Å². The summed E-state index contributed by atoms with van der Waals surface area (Å²) in [5.41, 5.74) is 4.17. The van der Waals surface area contributed by atoms with Crippen molar-refractivity contribution in [1.29, 1.82) is 5.26 Å². The van der Waals surface area contributed by atoms with E-state index in [9.17, 15) is 5.26 Å². The molecule has 3 rings (SSSR count). The molecule has 1 aromatic heterocycles. The number of hydrogen-bond acceptors (Lipinski definition) is 5. The first-order valence-electron chi connectivity index (χ1n) is 8.41. The van der Waals surface area contributed by atoms with Gasteiger partial charge in [-0.2, -0.15) is 5.26 Å². The van der Waals surface area contributed by atoms with Crippen LogP contribution in [0.5, 0.6) is 0 Å². The van der Waals surface area contributed by atoms with Crippen LogP contribution in [0.4, 0.5) is 11.5 Å². The van der Waals surface area contributed by atoms with Gasteiger partial charge in [-0.25, -0.2) is 9.97 Å². The van der Waals surface area contributed by atoms with E-state index in [1.807, 2.05) is 48.7 Å². The van der Waals surface area contributed by atoms with E-state index in [0.717, 1.165) is 11.3 Å². The van der Waals surface area contributed by atoms with E-state index in [1.165, 1.54) is 17.3 Å². The van der Waals surface area contributed by atoms with E-state index in [4.69, 9.17) is 0 Å². The molecule has 0 aliphatic rings. The predicted molar refractivity (Wildman–Crippen MR) is 108 cm³/mol. The summed E-state index contributed by atoms with van der Waals surface area (Å²) < 4.78 is 0. The van der Waals surface area contributed by atoms with Crippen LogP contribution in [0, 0.1) is 11.3 Å². The molecular formula is C21H20N4S. The number of hydrogen-bond donors (Lipinski definition) is 1. The quantitative estimate of drug-likeness (QED) is 0.474. The van der Waals surface area contributed by atoms with Gasteiger partial charge in [0, 0.05) is 11.3 Å². The Hall–Kier alpha value is -2.84. The van der Waals surface area contributed by atoms with E-state index in [1.54, 1.807) is 0 Å². The average molecular weight is 360 g/mol. The highest BCUT2D eigenvalue weighted by molar-refractivity contribution is 7.98. The Balaban J connectivity index is 2.05. The fraction of sp³-hybridized carbons (Fsp3) is 0.190. The SMILES string of the molecule is CSc1nc(Nc2ccc(C(C)C)cc2)c(C#N)c(-c2ccccc2)n1. The minimum absolute atomic E-state index is 0.446. The van der Waals surface area contributed by atoms with Crippen LogP contribution >= 0.6 is 11.8 Å². The molecule has 26 heavy (non-hydrogen) atoms. The Morgan fingerprint density at radius 3 is 2.27 bits per heavy atom. The number of nitrogens with one attached hydrogen (secondary N) is 1. The molecule has 0 radical (unpaired) electrons. The lowest BCUT2D eigenvalue weighted by Gasteiger charge is -2.13. The van der Waals surface area contributed by atoms with Crippen molar-refractivity contribution in [2.45, 2.75) is 24.9 Å². The summed E-state index contributed by atoms with van der Waals surface area (Å²) in [6.45, 7) is 4.33. The molecule has 0 bridgehead atoms. The molecule has 0 fully saturated rings. The van der Waals surface area contributed by atoms with Gasteiger partial charge in [0.2, 0.25) is 0 Å². The molecule has 1 heterocycles. The Morgan fingerprint density at radius 2 is 1.69 bits per heavy atom. The summed E-state index contributed by atoms with van der Waals surface area (Å²) in [7, 11) is 0. The van der Waals surface area contributed by atoms with Crippen LogP contribution in [0.1, 0.15) is 30.9 Å². The van der Waals surface area contributed by atoms with Gasteiger partial charge in [0.15, 0.2) is 11.0 Å². The molecule has 0 saturated carbocycles. The predicted octanol–water partition coefficient (Wildman–Crippen LogP) is 5.60. The normalized spacial score (nSPS) is 10.6. The van der Waals surface area contributed by atoms with Crippen molar-refractivity contribution < 1.29 is 0 Å². The Morgan fingerprint density at radius 1 is 1.00 bits per heavy atom. The smallest absolute Gasteiger partial charge is 0.189 e. The maximum Gasteiger partial charge on any atom is 0.189 e. The van der Waals surface area contributed by atoms with Gasteiger partial charge in [-0.3, -0.25) is 0 Å². The third kappa shape index (κ3) is 3.87. The Kier molecular flexibility index (Phi) is 5.55. The molecule has 0 atom stereocenters. The summed E-state index contributed by atoms with van der Waals surface area (Å²) in [6, 6.07) is 20.2. The second kappa shape index (κ2) is 8.03. The zero-order chi connectivity index (χ0) is 18.5. The van der Waals surface area contributed by atoms with Crippen LogP contribution in [0.2, 0.25) is 0 Å². The van der Waals surface area contributed by atoms with Gasteiger partial charge in [-0.15, -0.1) is 0 Å². The summed E-state index contributed by atoms with van der Waals surface area (Å²) in [5, 5.41) is 13.7. The maximum atomic E-state index is 9.74. The lowest BCUT2D eigenvalue weighted by Crippen LogP contribution is -2.03. The van der Waals surface area contributed by atoms with E-state index in [-0.39, 0.29) is 0 Å². The second-order valence-corrected chi connectivity index (χ2v) is 6.94. The number of benzene rings is 2. The minimum atomic E-state index is 0.446. The zero-order valence-corrected chi connectivity index (χ0v) is 15.8. The molecule has 0 aliphatic heterocycles. The summed E-state index contributed by atoms with van der Waals surface area (Å²) in [4.78, 5) is 9.08. The zero-order valence-electron chi connectivity index (χ0n) is 15.0. The molecule has 0 saturated heterocycles. The van der Waals surface area contributed by atoms with Crippen LogP contribution in [-0.4, -0.2) is 16.2 Å². The third-order valence-corrected chi connectivity index (χ3v) is 4.62. The van der Waals surface area contributed by atoms with Gasteiger partial charge in [-0.05, 0) is 29.9 Å². The van der Waals surface area contributed by atoms with Crippen molar-refractivity contribution in [2.24, 2.45) is 0 Å². The Labute approximate surface area is 158 Å². The van der Waals surface area contributed by atoms with Gasteiger partial charge in [0.25, 0.3) is 0 Å². The van der Waals surface area contributed by atoms with E-state index in [2.05, 4.69) is 47.3 Å². The van der Waals surface area contributed by atoms with Crippen molar-refractivity contribution in [3.8, 4) is 17.3 Å². The number of aromatic nitrogens is 2. The molecule has 4 nitrogen and oxygen atoms in total. The first kappa shape index (κ1) is 18.0. The number of nitriles is 1. The highest BCUT2D eigenvalue weighted by Crippen LogP contribution is 2.30. The molecule has 0 spiro atoms. The van der Waals surface area contributed by atoms with Crippen LogP contribution in [0.25, 0.3) is 11.3 Å². The molecule has 0 amide bonds. The Bertz CT molecular complexity index is 929. The van der Waals surface area contributed by atoms with Crippen molar-refractivity contribution in [3.63, 3.8) is 0 Å². The van der Waals surface area contributed by atoms with Crippen molar-refractivity contribution >= 4 is 23.3 Å². The minimum Gasteiger partial charge on any atom is -0.339 e. The highest BCUT2D eigenvalue weighted by Gasteiger charge is 2.16. The summed E-state index contributed by atoms with van der Waals surface area (Å²) >= 11 is 1.46. The number of thioether (sulfide) groups is 1. The third-order valence-electron chi connectivity index (χ3n) is 4.07. The standard InChI is InChI=1S/C21H20N4S/c1-14(2)15-9-11-17(12-10-15)23-20-18(13-22)19(24-21(25-20)26-3)16-7-5-4-6-8-16/h4-12,14H,1-3H3,(H,23,24,25). The molecule has 1 N–H and O–H groups in total. The second-order valence-electron chi connectivity index (χ2n) is 6.16. The van der Waals surface area contributed by atoms with Crippen LogP contribution in [0.15, 0.2) is 59.8 Å². The van der Waals surface area contributed by atoms with E-state index in [0.29, 0.717) is 28.1 Å². The first-order valence-corrected chi connectivity index (χ1v) is 9.63. The first-order chi connectivity index (χ1) is 12.6. The van der Waals surface area contributed by atoms with Crippen LogP contribution in [-0.2, 0) is 0 Å².